The van der Waals surface area contributed by atoms with Crippen LogP contribution in [0.3, 0.4) is 0 Å². The lowest BCUT2D eigenvalue weighted by Gasteiger charge is -2.31. The molecule has 0 aliphatic heterocycles. The molecular weight excluding hydrogens is 250 g/mol. The monoisotopic (exact) mass is 277 g/mol. The van der Waals surface area contributed by atoms with Gasteiger partial charge in [-0.2, -0.15) is 0 Å². The summed E-state index contributed by atoms with van der Waals surface area (Å²) in [5.41, 5.74) is 7.88. The van der Waals surface area contributed by atoms with Gasteiger partial charge in [-0.15, -0.1) is 0 Å². The lowest BCUT2D eigenvalue weighted by atomic mass is 9.82. The zero-order valence-corrected chi connectivity index (χ0v) is 12.9. The third kappa shape index (κ3) is 3.97. The lowest BCUT2D eigenvalue weighted by Crippen LogP contribution is -2.26. The average Bonchev–Trinajstić information content (AvgIpc) is 2.43. The largest absolute Gasteiger partial charge is 0.496 e. The van der Waals surface area contributed by atoms with Crippen molar-refractivity contribution in [1.29, 1.82) is 0 Å². The molecule has 112 valence electrons. The van der Waals surface area contributed by atoms with E-state index in [0.29, 0.717) is 19.3 Å². The Morgan fingerprint density at radius 2 is 1.85 bits per heavy atom. The smallest absolute Gasteiger partial charge is 0.123 e. The fourth-order valence-corrected chi connectivity index (χ4v) is 3.27. The lowest BCUT2D eigenvalue weighted by molar-refractivity contribution is -0.00921. The molecule has 1 aromatic carbocycles. The molecule has 1 saturated carbocycles. The maximum absolute atomic E-state index is 6.10. The molecule has 1 aromatic rings. The highest BCUT2D eigenvalue weighted by atomic mass is 16.5. The molecule has 0 spiro atoms. The van der Waals surface area contributed by atoms with Crippen LogP contribution in [0.25, 0.3) is 0 Å². The zero-order chi connectivity index (χ0) is 14.5. The van der Waals surface area contributed by atoms with Crippen LogP contribution >= 0.6 is 0 Å². The quantitative estimate of drug-likeness (QED) is 0.896. The van der Waals surface area contributed by atoms with Crippen LogP contribution < -0.4 is 10.5 Å². The Morgan fingerprint density at radius 1 is 1.15 bits per heavy atom. The molecular formula is C17H27NO2. The summed E-state index contributed by atoms with van der Waals surface area (Å²) in [5.74, 6) is 2.41. The third-order valence-electron chi connectivity index (χ3n) is 4.19. The van der Waals surface area contributed by atoms with Crippen LogP contribution in [0.5, 0.6) is 5.75 Å². The maximum Gasteiger partial charge on any atom is 0.123 e. The van der Waals surface area contributed by atoms with Gasteiger partial charge in [0.1, 0.15) is 5.75 Å². The van der Waals surface area contributed by atoms with Gasteiger partial charge < -0.3 is 15.2 Å². The molecule has 1 fully saturated rings. The molecule has 2 unspecified atom stereocenters. The van der Waals surface area contributed by atoms with Crippen molar-refractivity contribution in [2.45, 2.75) is 52.4 Å². The van der Waals surface area contributed by atoms with Crippen molar-refractivity contribution in [1.82, 2.24) is 0 Å². The van der Waals surface area contributed by atoms with E-state index in [2.05, 4.69) is 19.9 Å². The second kappa shape index (κ2) is 7.09. The summed E-state index contributed by atoms with van der Waals surface area (Å²) < 4.78 is 11.5. The van der Waals surface area contributed by atoms with Crippen LogP contribution in [0.4, 0.5) is 0 Å². The van der Waals surface area contributed by atoms with E-state index in [0.717, 1.165) is 28.7 Å². The summed E-state index contributed by atoms with van der Waals surface area (Å²) in [4.78, 5) is 0. The number of ether oxygens (including phenoxy) is 2. The van der Waals surface area contributed by atoms with Crippen molar-refractivity contribution in [2.24, 2.45) is 17.6 Å². The van der Waals surface area contributed by atoms with Gasteiger partial charge in [-0.25, -0.2) is 0 Å². The standard InChI is InChI=1S/C17H27NO2/c1-12-6-13(2)8-16(7-12)20-11-14-4-5-15(10-18)17(9-14)19-3/h4-5,9,12-13,16H,6-8,10-11,18H2,1-3H3. The Morgan fingerprint density at radius 3 is 2.45 bits per heavy atom. The van der Waals surface area contributed by atoms with Gasteiger partial charge in [-0.3, -0.25) is 0 Å². The molecule has 2 atom stereocenters. The van der Waals surface area contributed by atoms with Gasteiger partial charge in [0.25, 0.3) is 0 Å². The minimum Gasteiger partial charge on any atom is -0.496 e. The predicted molar refractivity (Wildman–Crippen MR) is 81.6 cm³/mol. The minimum absolute atomic E-state index is 0.397. The van der Waals surface area contributed by atoms with E-state index < -0.39 is 0 Å². The van der Waals surface area contributed by atoms with Gasteiger partial charge in [0, 0.05) is 12.1 Å². The van der Waals surface area contributed by atoms with Crippen LogP contribution in [0.2, 0.25) is 0 Å². The van der Waals surface area contributed by atoms with Crippen molar-refractivity contribution >= 4 is 0 Å². The molecule has 0 bridgehead atoms. The van der Waals surface area contributed by atoms with E-state index in [4.69, 9.17) is 15.2 Å². The highest BCUT2D eigenvalue weighted by Gasteiger charge is 2.24. The van der Waals surface area contributed by atoms with Crippen LogP contribution in [-0.2, 0) is 17.9 Å². The normalized spacial score (nSPS) is 26.5. The summed E-state index contributed by atoms with van der Waals surface area (Å²) in [6, 6.07) is 6.15. The van der Waals surface area contributed by atoms with E-state index in [9.17, 15) is 0 Å². The molecule has 0 radical (unpaired) electrons. The third-order valence-corrected chi connectivity index (χ3v) is 4.19. The Hall–Kier alpha value is -1.06. The molecule has 1 aliphatic carbocycles. The van der Waals surface area contributed by atoms with Crippen molar-refractivity contribution < 1.29 is 9.47 Å². The van der Waals surface area contributed by atoms with E-state index in [1.165, 1.54) is 19.3 Å². The number of hydrogen-bond donors (Lipinski definition) is 1. The van der Waals surface area contributed by atoms with Crippen molar-refractivity contribution in [2.75, 3.05) is 7.11 Å². The molecule has 3 nitrogen and oxygen atoms in total. The fraction of sp³-hybridized carbons (Fsp3) is 0.647. The Balaban J connectivity index is 1.93. The first-order valence-electron chi connectivity index (χ1n) is 7.59. The molecule has 0 amide bonds. The number of benzene rings is 1. The molecule has 2 rings (SSSR count). The van der Waals surface area contributed by atoms with E-state index in [1.54, 1.807) is 7.11 Å². The molecule has 2 N–H and O–H groups in total. The zero-order valence-electron chi connectivity index (χ0n) is 12.9. The first-order valence-corrected chi connectivity index (χ1v) is 7.59. The number of hydrogen-bond acceptors (Lipinski definition) is 3. The van der Waals surface area contributed by atoms with Gasteiger partial charge >= 0.3 is 0 Å². The first kappa shape index (κ1) is 15.3. The topological polar surface area (TPSA) is 44.5 Å². The van der Waals surface area contributed by atoms with Crippen molar-refractivity contribution in [3.8, 4) is 5.75 Å². The van der Waals surface area contributed by atoms with Crippen LogP contribution in [0.1, 0.15) is 44.2 Å². The van der Waals surface area contributed by atoms with E-state index in [-0.39, 0.29) is 0 Å². The van der Waals surface area contributed by atoms with Gasteiger partial charge in [0.2, 0.25) is 0 Å². The van der Waals surface area contributed by atoms with Crippen LogP contribution in [0.15, 0.2) is 18.2 Å². The van der Waals surface area contributed by atoms with E-state index >= 15 is 0 Å². The van der Waals surface area contributed by atoms with Gasteiger partial charge in [-0.1, -0.05) is 26.0 Å². The second-order valence-corrected chi connectivity index (χ2v) is 6.20. The number of methoxy groups -OCH3 is 1. The summed E-state index contributed by atoms with van der Waals surface area (Å²) in [6.45, 7) is 5.81. The number of rotatable bonds is 5. The average molecular weight is 277 g/mol. The highest BCUT2D eigenvalue weighted by molar-refractivity contribution is 5.37. The maximum atomic E-state index is 6.10. The summed E-state index contributed by atoms with van der Waals surface area (Å²) in [6.07, 6.45) is 4.10. The Kier molecular flexibility index (Phi) is 5.44. The Bertz CT molecular complexity index is 423. The Labute approximate surface area is 122 Å². The minimum atomic E-state index is 0.397. The molecule has 20 heavy (non-hydrogen) atoms. The fourth-order valence-electron chi connectivity index (χ4n) is 3.27. The van der Waals surface area contributed by atoms with Gasteiger partial charge in [0.05, 0.1) is 19.8 Å². The second-order valence-electron chi connectivity index (χ2n) is 6.20. The van der Waals surface area contributed by atoms with Gasteiger partial charge in [0.15, 0.2) is 0 Å². The summed E-state index contributed by atoms with van der Waals surface area (Å²) in [5, 5.41) is 0. The molecule has 3 heteroatoms. The first-order chi connectivity index (χ1) is 9.62. The predicted octanol–water partition coefficient (Wildman–Crippen LogP) is 3.50. The SMILES string of the molecule is COc1cc(COC2CC(C)CC(C)C2)ccc1CN. The van der Waals surface area contributed by atoms with Crippen molar-refractivity contribution in [3.63, 3.8) is 0 Å². The van der Waals surface area contributed by atoms with Crippen molar-refractivity contribution in [3.05, 3.63) is 29.3 Å². The van der Waals surface area contributed by atoms with E-state index in [1.807, 2.05) is 12.1 Å². The van der Waals surface area contributed by atoms with Crippen LogP contribution in [-0.4, -0.2) is 13.2 Å². The summed E-state index contributed by atoms with van der Waals surface area (Å²) >= 11 is 0. The highest BCUT2D eigenvalue weighted by Crippen LogP contribution is 2.31. The number of nitrogens with two attached hydrogens (primary N) is 1. The molecule has 0 aromatic heterocycles. The molecule has 0 saturated heterocycles. The summed E-state index contributed by atoms with van der Waals surface area (Å²) in [7, 11) is 1.68. The van der Waals surface area contributed by atoms with Crippen LogP contribution in [0, 0.1) is 11.8 Å². The molecule has 0 heterocycles. The van der Waals surface area contributed by atoms with Gasteiger partial charge in [-0.05, 0) is 42.7 Å². The molecule has 1 aliphatic rings.